The summed E-state index contributed by atoms with van der Waals surface area (Å²) in [7, 11) is 3.81. The van der Waals surface area contributed by atoms with E-state index in [-0.39, 0.29) is 5.56 Å². The number of benzene rings is 1. The van der Waals surface area contributed by atoms with Crippen molar-refractivity contribution >= 4 is 11.7 Å². The van der Waals surface area contributed by atoms with Gasteiger partial charge in [-0.25, -0.2) is 4.98 Å². The zero-order chi connectivity index (χ0) is 19.4. The van der Waals surface area contributed by atoms with Crippen LogP contribution in [-0.2, 0) is 6.54 Å². The number of anilines is 1. The van der Waals surface area contributed by atoms with E-state index in [1.165, 1.54) is 0 Å². The standard InChI is InChI=1S/C21H22N4O2/c1-14-5-4-6-16(11-14)18-8-7-17(21(27)24-18)20(26)23-13-15-9-10-22-19(12-15)25(2)3/h4-12H,13H2,1-3H3,(H,23,26)(H,24,27). The number of hydrogen-bond acceptors (Lipinski definition) is 4. The number of hydrogen-bond donors (Lipinski definition) is 2. The highest BCUT2D eigenvalue weighted by Gasteiger charge is 2.11. The van der Waals surface area contributed by atoms with E-state index >= 15 is 0 Å². The molecule has 0 saturated carbocycles. The second kappa shape index (κ2) is 7.86. The number of carbonyl (C=O) groups excluding carboxylic acids is 1. The summed E-state index contributed by atoms with van der Waals surface area (Å²) in [5.74, 6) is 0.400. The highest BCUT2D eigenvalue weighted by atomic mass is 16.2. The fraction of sp³-hybridized carbons (Fsp3) is 0.190. The van der Waals surface area contributed by atoms with E-state index in [1.54, 1.807) is 18.3 Å². The van der Waals surface area contributed by atoms with Crippen molar-refractivity contribution in [1.29, 1.82) is 0 Å². The van der Waals surface area contributed by atoms with Crippen molar-refractivity contribution in [2.24, 2.45) is 0 Å². The molecule has 0 atom stereocenters. The van der Waals surface area contributed by atoms with Crippen LogP contribution in [0.4, 0.5) is 5.82 Å². The topological polar surface area (TPSA) is 78.1 Å². The predicted octanol–water partition coefficient (Wildman–Crippen LogP) is 2.74. The second-order valence-corrected chi connectivity index (χ2v) is 6.58. The fourth-order valence-electron chi connectivity index (χ4n) is 2.73. The van der Waals surface area contributed by atoms with Gasteiger partial charge in [0.1, 0.15) is 11.4 Å². The van der Waals surface area contributed by atoms with Crippen LogP contribution < -0.4 is 15.8 Å². The van der Waals surface area contributed by atoms with E-state index in [0.717, 1.165) is 22.5 Å². The van der Waals surface area contributed by atoms with Gasteiger partial charge in [0.25, 0.3) is 11.5 Å². The van der Waals surface area contributed by atoms with Gasteiger partial charge in [0, 0.05) is 32.5 Å². The molecule has 6 nitrogen and oxygen atoms in total. The van der Waals surface area contributed by atoms with Gasteiger partial charge in [-0.15, -0.1) is 0 Å². The Bertz CT molecular complexity index is 1020. The van der Waals surface area contributed by atoms with Crippen LogP contribution in [0.3, 0.4) is 0 Å². The van der Waals surface area contributed by atoms with Gasteiger partial charge < -0.3 is 15.2 Å². The van der Waals surface area contributed by atoms with Crippen molar-refractivity contribution in [2.45, 2.75) is 13.5 Å². The van der Waals surface area contributed by atoms with Crippen molar-refractivity contribution < 1.29 is 4.79 Å². The number of aromatic amines is 1. The number of rotatable bonds is 5. The van der Waals surface area contributed by atoms with E-state index in [2.05, 4.69) is 15.3 Å². The normalized spacial score (nSPS) is 10.5. The molecule has 27 heavy (non-hydrogen) atoms. The van der Waals surface area contributed by atoms with Crippen LogP contribution in [0.25, 0.3) is 11.3 Å². The minimum atomic E-state index is -0.407. The Morgan fingerprint density at radius 2 is 1.96 bits per heavy atom. The summed E-state index contributed by atoms with van der Waals surface area (Å²) in [5.41, 5.74) is 3.29. The molecule has 1 aromatic carbocycles. The Labute approximate surface area is 157 Å². The van der Waals surface area contributed by atoms with Gasteiger partial charge >= 0.3 is 0 Å². The molecular weight excluding hydrogens is 340 g/mol. The summed E-state index contributed by atoms with van der Waals surface area (Å²) >= 11 is 0. The maximum atomic E-state index is 12.4. The number of H-pyrrole nitrogens is 1. The van der Waals surface area contributed by atoms with Crippen LogP contribution in [0.15, 0.2) is 59.5 Å². The Kier molecular flexibility index (Phi) is 5.35. The zero-order valence-corrected chi connectivity index (χ0v) is 15.6. The van der Waals surface area contributed by atoms with Gasteiger partial charge in [0.05, 0.1) is 0 Å². The Balaban J connectivity index is 1.74. The van der Waals surface area contributed by atoms with Gasteiger partial charge in [0.2, 0.25) is 0 Å². The lowest BCUT2D eigenvalue weighted by molar-refractivity contribution is 0.0949. The predicted molar refractivity (Wildman–Crippen MR) is 107 cm³/mol. The molecule has 0 aliphatic heterocycles. The van der Waals surface area contributed by atoms with Crippen LogP contribution in [0.2, 0.25) is 0 Å². The molecule has 138 valence electrons. The fourth-order valence-corrected chi connectivity index (χ4v) is 2.73. The Morgan fingerprint density at radius 3 is 2.67 bits per heavy atom. The number of pyridine rings is 2. The third-order valence-electron chi connectivity index (χ3n) is 4.20. The Hall–Kier alpha value is -3.41. The SMILES string of the molecule is Cc1cccc(-c2ccc(C(=O)NCc3ccnc(N(C)C)c3)c(=O)[nH]2)c1. The molecule has 2 N–H and O–H groups in total. The van der Waals surface area contributed by atoms with Gasteiger partial charge in [-0.1, -0.05) is 23.8 Å². The molecule has 0 saturated heterocycles. The minimum Gasteiger partial charge on any atom is -0.363 e. The molecular formula is C21H22N4O2. The number of amides is 1. The first-order valence-corrected chi connectivity index (χ1v) is 8.65. The van der Waals surface area contributed by atoms with E-state index in [1.807, 2.05) is 62.3 Å². The first kappa shape index (κ1) is 18.4. The van der Waals surface area contributed by atoms with Crippen molar-refractivity contribution in [3.63, 3.8) is 0 Å². The van der Waals surface area contributed by atoms with E-state index in [0.29, 0.717) is 12.2 Å². The molecule has 0 unspecified atom stereocenters. The number of aromatic nitrogens is 2. The van der Waals surface area contributed by atoms with Gasteiger partial charge in [-0.05, 0) is 48.4 Å². The lowest BCUT2D eigenvalue weighted by atomic mass is 10.1. The maximum Gasteiger partial charge on any atom is 0.261 e. The molecule has 1 amide bonds. The molecule has 0 aliphatic carbocycles. The molecule has 0 bridgehead atoms. The van der Waals surface area contributed by atoms with Gasteiger partial charge in [0.15, 0.2) is 0 Å². The van der Waals surface area contributed by atoms with Crippen molar-refractivity contribution in [2.75, 3.05) is 19.0 Å². The lowest BCUT2D eigenvalue weighted by Crippen LogP contribution is -2.29. The van der Waals surface area contributed by atoms with Gasteiger partial charge in [-0.2, -0.15) is 0 Å². The molecule has 3 rings (SSSR count). The monoisotopic (exact) mass is 362 g/mol. The molecule has 0 fully saturated rings. The van der Waals surface area contributed by atoms with Crippen LogP contribution >= 0.6 is 0 Å². The number of nitrogens with one attached hydrogen (secondary N) is 2. The third kappa shape index (κ3) is 4.41. The van der Waals surface area contributed by atoms with Crippen molar-refractivity contribution in [1.82, 2.24) is 15.3 Å². The first-order valence-electron chi connectivity index (χ1n) is 8.65. The van der Waals surface area contributed by atoms with Crippen LogP contribution in [-0.4, -0.2) is 30.0 Å². The summed E-state index contributed by atoms with van der Waals surface area (Å²) in [6, 6.07) is 14.9. The summed E-state index contributed by atoms with van der Waals surface area (Å²) in [6.45, 7) is 2.31. The van der Waals surface area contributed by atoms with Crippen LogP contribution in [0.5, 0.6) is 0 Å². The van der Waals surface area contributed by atoms with Crippen LogP contribution in [0, 0.1) is 6.92 Å². The molecule has 6 heteroatoms. The third-order valence-corrected chi connectivity index (χ3v) is 4.20. The molecule has 0 aliphatic rings. The van der Waals surface area contributed by atoms with Crippen LogP contribution in [0.1, 0.15) is 21.5 Å². The second-order valence-electron chi connectivity index (χ2n) is 6.58. The smallest absolute Gasteiger partial charge is 0.261 e. The van der Waals surface area contributed by atoms with Crippen molar-refractivity contribution in [3.8, 4) is 11.3 Å². The van der Waals surface area contributed by atoms with E-state index < -0.39 is 11.5 Å². The van der Waals surface area contributed by atoms with E-state index in [4.69, 9.17) is 0 Å². The average molecular weight is 362 g/mol. The largest absolute Gasteiger partial charge is 0.363 e. The molecule has 0 spiro atoms. The number of carbonyl (C=O) groups is 1. The molecule has 0 radical (unpaired) electrons. The Morgan fingerprint density at radius 1 is 1.15 bits per heavy atom. The summed E-state index contributed by atoms with van der Waals surface area (Å²) < 4.78 is 0. The molecule has 2 aromatic heterocycles. The van der Waals surface area contributed by atoms with Gasteiger partial charge in [-0.3, -0.25) is 9.59 Å². The lowest BCUT2D eigenvalue weighted by Gasteiger charge is -2.12. The van der Waals surface area contributed by atoms with Crippen molar-refractivity contribution in [3.05, 3.63) is 81.8 Å². The molecule has 2 heterocycles. The highest BCUT2D eigenvalue weighted by Crippen LogP contribution is 2.17. The summed E-state index contributed by atoms with van der Waals surface area (Å²) in [5, 5.41) is 2.79. The summed E-state index contributed by atoms with van der Waals surface area (Å²) in [6.07, 6.45) is 1.69. The minimum absolute atomic E-state index is 0.0910. The van der Waals surface area contributed by atoms with E-state index in [9.17, 15) is 9.59 Å². The molecule has 3 aromatic rings. The number of nitrogens with zero attached hydrogens (tertiary/aromatic N) is 2. The number of aryl methyl sites for hydroxylation is 1. The summed E-state index contributed by atoms with van der Waals surface area (Å²) in [4.78, 5) is 33.7. The quantitative estimate of drug-likeness (QED) is 0.732. The zero-order valence-electron chi connectivity index (χ0n) is 15.6. The first-order chi connectivity index (χ1) is 12.9. The highest BCUT2D eigenvalue weighted by molar-refractivity contribution is 5.94. The maximum absolute atomic E-state index is 12.4. The average Bonchev–Trinajstić information content (AvgIpc) is 2.66.